The summed E-state index contributed by atoms with van der Waals surface area (Å²) in [7, 11) is 0. The Morgan fingerprint density at radius 2 is 1.88 bits per heavy atom. The van der Waals surface area contributed by atoms with Crippen LogP contribution in [-0.4, -0.2) is 54.7 Å². The number of carbonyl (C=O) groups excluding carboxylic acids is 1. The van der Waals surface area contributed by atoms with Crippen molar-refractivity contribution in [2.75, 3.05) is 32.8 Å². The first kappa shape index (κ1) is 19.4. The maximum Gasteiger partial charge on any atom is 0.335 e. The van der Waals surface area contributed by atoms with Crippen LogP contribution in [0.1, 0.15) is 35.7 Å². The van der Waals surface area contributed by atoms with Crippen molar-refractivity contribution in [3.63, 3.8) is 0 Å². The zero-order valence-corrected chi connectivity index (χ0v) is 14.6. The zero-order valence-electron chi connectivity index (χ0n) is 14.6. The number of hydrogen-bond acceptors (Lipinski definition) is 5. The van der Waals surface area contributed by atoms with E-state index in [1.54, 1.807) is 36.1 Å². The molecule has 7 heteroatoms. The van der Waals surface area contributed by atoms with E-state index in [0.29, 0.717) is 25.6 Å². The number of aromatic carboxylic acids is 1. The monoisotopic (exact) mass is 350 g/mol. The maximum atomic E-state index is 12.5. The van der Waals surface area contributed by atoms with E-state index in [0.717, 1.165) is 31.5 Å². The summed E-state index contributed by atoms with van der Waals surface area (Å²) in [4.78, 5) is 34.9. The molecule has 1 fully saturated rings. The highest BCUT2D eigenvalue weighted by atomic mass is 17.2. The normalized spacial score (nSPS) is 15.1. The molecule has 25 heavy (non-hydrogen) atoms. The van der Waals surface area contributed by atoms with Gasteiger partial charge in [-0.1, -0.05) is 12.1 Å². The molecule has 1 saturated heterocycles. The van der Waals surface area contributed by atoms with Crippen molar-refractivity contribution >= 4 is 11.9 Å². The van der Waals surface area contributed by atoms with Gasteiger partial charge in [-0.2, -0.15) is 0 Å². The maximum absolute atomic E-state index is 12.5. The third-order valence-corrected chi connectivity index (χ3v) is 4.25. The molecule has 138 valence electrons. The van der Waals surface area contributed by atoms with Gasteiger partial charge in [-0.15, -0.1) is 0 Å². The molecule has 1 heterocycles. The average molecular weight is 350 g/mol. The summed E-state index contributed by atoms with van der Waals surface area (Å²) in [6.07, 6.45) is 2.07. The summed E-state index contributed by atoms with van der Waals surface area (Å²) in [5.74, 6) is -0.635. The lowest BCUT2D eigenvalue weighted by atomic mass is 9.97. The Balaban J connectivity index is 2.01. The molecule has 2 N–H and O–H groups in total. The number of benzene rings is 1. The fourth-order valence-electron chi connectivity index (χ4n) is 2.87. The minimum Gasteiger partial charge on any atom is -0.478 e. The lowest BCUT2D eigenvalue weighted by Gasteiger charge is -2.30. The molecule has 0 radical (unpaired) electrons. The molecule has 1 amide bonds. The van der Waals surface area contributed by atoms with Gasteiger partial charge in [0, 0.05) is 13.1 Å². The molecule has 0 atom stereocenters. The number of hydrogen-bond donors (Lipinski definition) is 2. The smallest absolute Gasteiger partial charge is 0.335 e. The summed E-state index contributed by atoms with van der Waals surface area (Å²) in [6, 6.07) is 6.61. The zero-order chi connectivity index (χ0) is 18.1. The highest BCUT2D eigenvalue weighted by molar-refractivity contribution is 5.87. The summed E-state index contributed by atoms with van der Waals surface area (Å²) in [6.45, 7) is 5.09. The van der Waals surface area contributed by atoms with Gasteiger partial charge in [0.2, 0.25) is 0 Å². The van der Waals surface area contributed by atoms with Gasteiger partial charge in [-0.25, -0.2) is 14.6 Å². The van der Waals surface area contributed by atoms with E-state index in [-0.39, 0.29) is 18.1 Å². The second-order valence-electron chi connectivity index (χ2n) is 6.14. The molecule has 0 saturated carbocycles. The van der Waals surface area contributed by atoms with Gasteiger partial charge in [0.1, 0.15) is 0 Å². The summed E-state index contributed by atoms with van der Waals surface area (Å²) in [5, 5.41) is 12.3. The van der Waals surface area contributed by atoms with Crippen LogP contribution in [0.5, 0.6) is 0 Å². The molecular formula is C18H26N2O5. The third-order valence-electron chi connectivity index (χ3n) is 4.25. The van der Waals surface area contributed by atoms with E-state index in [9.17, 15) is 9.59 Å². The van der Waals surface area contributed by atoms with E-state index < -0.39 is 5.97 Å². The van der Waals surface area contributed by atoms with Gasteiger partial charge in [-0.05, 0) is 56.5 Å². The van der Waals surface area contributed by atoms with Crippen LogP contribution in [0.25, 0.3) is 0 Å². The first-order valence-electron chi connectivity index (χ1n) is 8.65. The van der Waals surface area contributed by atoms with Gasteiger partial charge in [0.05, 0.1) is 12.2 Å². The van der Waals surface area contributed by atoms with Crippen molar-refractivity contribution in [3.8, 4) is 0 Å². The number of rotatable bonds is 9. The molecule has 1 aromatic carbocycles. The highest BCUT2D eigenvalue weighted by Crippen LogP contribution is 2.16. The van der Waals surface area contributed by atoms with Gasteiger partial charge in [0.25, 0.3) is 5.91 Å². The van der Waals surface area contributed by atoms with Crippen molar-refractivity contribution in [1.82, 2.24) is 10.2 Å². The fourth-order valence-corrected chi connectivity index (χ4v) is 2.87. The number of nitrogens with one attached hydrogen (secondary N) is 1. The van der Waals surface area contributed by atoms with Crippen LogP contribution in [0.2, 0.25) is 0 Å². The van der Waals surface area contributed by atoms with Crippen LogP contribution in [0.4, 0.5) is 0 Å². The van der Waals surface area contributed by atoms with Crippen LogP contribution in [0.3, 0.4) is 0 Å². The molecular weight excluding hydrogens is 324 g/mol. The van der Waals surface area contributed by atoms with Gasteiger partial charge in [0.15, 0.2) is 6.61 Å². The predicted octanol–water partition coefficient (Wildman–Crippen LogP) is 1.68. The first-order valence-corrected chi connectivity index (χ1v) is 8.65. The molecule has 0 aromatic heterocycles. The summed E-state index contributed by atoms with van der Waals surface area (Å²) < 4.78 is 0. The van der Waals surface area contributed by atoms with E-state index in [1.165, 1.54) is 0 Å². The standard InChI is InChI=1S/C18H26N2O5/c1-2-24-25-13-17(21)20(12-15-7-9-19-10-8-15)11-14-3-5-16(6-4-14)18(22)23/h3-6,15,19H,2,7-13H2,1H3,(H,22,23). The molecule has 7 nitrogen and oxygen atoms in total. The lowest BCUT2D eigenvalue weighted by molar-refractivity contribution is -0.287. The Bertz CT molecular complexity index is 555. The third kappa shape index (κ3) is 6.45. The van der Waals surface area contributed by atoms with E-state index >= 15 is 0 Å². The Kier molecular flexibility index (Phi) is 7.84. The Morgan fingerprint density at radius 3 is 2.48 bits per heavy atom. The number of piperidine rings is 1. The average Bonchev–Trinajstić information content (AvgIpc) is 2.62. The molecule has 1 aliphatic rings. The van der Waals surface area contributed by atoms with Crippen LogP contribution in [-0.2, 0) is 21.1 Å². The number of nitrogens with zero attached hydrogens (tertiary/aromatic N) is 1. The molecule has 2 rings (SSSR count). The topological polar surface area (TPSA) is 88.1 Å². The van der Waals surface area contributed by atoms with Crippen molar-refractivity contribution in [1.29, 1.82) is 0 Å². The second-order valence-corrected chi connectivity index (χ2v) is 6.14. The van der Waals surface area contributed by atoms with Gasteiger partial charge < -0.3 is 15.3 Å². The number of carboxylic acids is 1. The minimum atomic E-state index is -0.959. The Hall–Kier alpha value is -1.96. The van der Waals surface area contributed by atoms with Crippen LogP contribution in [0, 0.1) is 5.92 Å². The van der Waals surface area contributed by atoms with Crippen molar-refractivity contribution < 1.29 is 24.5 Å². The Morgan fingerprint density at radius 1 is 1.20 bits per heavy atom. The van der Waals surface area contributed by atoms with Crippen LogP contribution < -0.4 is 5.32 Å². The number of amides is 1. The highest BCUT2D eigenvalue weighted by Gasteiger charge is 2.21. The quantitative estimate of drug-likeness (QED) is 0.400. The van der Waals surface area contributed by atoms with E-state index in [4.69, 9.17) is 14.9 Å². The predicted molar refractivity (Wildman–Crippen MR) is 92.0 cm³/mol. The molecule has 0 spiro atoms. The largest absolute Gasteiger partial charge is 0.478 e. The van der Waals surface area contributed by atoms with Gasteiger partial charge in [-0.3, -0.25) is 4.79 Å². The molecule has 1 aromatic rings. The second kappa shape index (κ2) is 10.1. The first-order chi connectivity index (χ1) is 12.1. The molecule has 1 aliphatic heterocycles. The summed E-state index contributed by atoms with van der Waals surface area (Å²) in [5.41, 5.74) is 1.13. The molecule has 0 unspecified atom stereocenters. The van der Waals surface area contributed by atoms with Crippen molar-refractivity contribution in [2.45, 2.75) is 26.3 Å². The van der Waals surface area contributed by atoms with E-state index in [2.05, 4.69) is 5.32 Å². The number of carbonyl (C=O) groups is 2. The number of carboxylic acid groups (broad SMARTS) is 1. The SMILES string of the molecule is CCOOCC(=O)N(Cc1ccc(C(=O)O)cc1)CC1CCNCC1. The summed E-state index contributed by atoms with van der Waals surface area (Å²) >= 11 is 0. The fraction of sp³-hybridized carbons (Fsp3) is 0.556. The van der Waals surface area contributed by atoms with Crippen LogP contribution in [0.15, 0.2) is 24.3 Å². The minimum absolute atomic E-state index is 0.119. The lowest BCUT2D eigenvalue weighted by Crippen LogP contribution is -2.40. The molecule has 0 bridgehead atoms. The van der Waals surface area contributed by atoms with Gasteiger partial charge >= 0.3 is 5.97 Å². The Labute approximate surface area is 147 Å². The van der Waals surface area contributed by atoms with E-state index in [1.807, 2.05) is 0 Å². The van der Waals surface area contributed by atoms with Crippen molar-refractivity contribution in [3.05, 3.63) is 35.4 Å². The molecule has 0 aliphatic carbocycles. The van der Waals surface area contributed by atoms with Crippen molar-refractivity contribution in [2.24, 2.45) is 5.92 Å². The van der Waals surface area contributed by atoms with Crippen LogP contribution >= 0.6 is 0 Å².